The van der Waals surface area contributed by atoms with Crippen LogP contribution >= 0.6 is 11.6 Å². The molecule has 2 rings (SSSR count). The molecule has 0 radical (unpaired) electrons. The summed E-state index contributed by atoms with van der Waals surface area (Å²) in [6.45, 7) is 1.40. The van der Waals surface area contributed by atoms with Crippen LogP contribution in [-0.4, -0.2) is 10.9 Å². The number of rotatable bonds is 3. The average molecular weight is 288 g/mol. The maximum absolute atomic E-state index is 11.1. The number of hydrogen-bond acceptors (Lipinski definition) is 4. The van der Waals surface area contributed by atoms with E-state index in [0.717, 1.165) is 0 Å². The van der Waals surface area contributed by atoms with Gasteiger partial charge < -0.3 is 10.1 Å². The van der Waals surface area contributed by atoms with E-state index in [9.17, 15) is 4.79 Å². The molecule has 0 unspecified atom stereocenters. The predicted molar refractivity (Wildman–Crippen MR) is 74.8 cm³/mol. The molecule has 6 heteroatoms. The standard InChI is InChI=1S/C14H10ClN3O2/c1-9(19)18-11-4-2-3-5-12(11)20-14-13(15)10(8-16)6-7-17-14/h2-7H,1H3,(H,18,19). The van der Waals surface area contributed by atoms with Crippen molar-refractivity contribution in [1.82, 2.24) is 4.98 Å². The summed E-state index contributed by atoms with van der Waals surface area (Å²) >= 11 is 6.02. The van der Waals surface area contributed by atoms with Crippen molar-refractivity contribution >= 4 is 23.2 Å². The van der Waals surface area contributed by atoms with Gasteiger partial charge in [-0.1, -0.05) is 23.7 Å². The third-order valence-corrected chi connectivity index (χ3v) is 2.75. The number of carbonyl (C=O) groups is 1. The maximum atomic E-state index is 11.1. The number of nitrogens with zero attached hydrogens (tertiary/aromatic N) is 2. The minimum Gasteiger partial charge on any atom is -0.435 e. The van der Waals surface area contributed by atoms with Crippen molar-refractivity contribution in [3.8, 4) is 17.7 Å². The fourth-order valence-electron chi connectivity index (χ4n) is 1.53. The van der Waals surface area contributed by atoms with Gasteiger partial charge >= 0.3 is 0 Å². The number of ether oxygens (including phenoxy) is 1. The number of anilines is 1. The molecule has 0 aliphatic carbocycles. The summed E-state index contributed by atoms with van der Waals surface area (Å²) in [7, 11) is 0. The van der Waals surface area contributed by atoms with Crippen LogP contribution in [0.15, 0.2) is 36.5 Å². The number of para-hydroxylation sites is 2. The van der Waals surface area contributed by atoms with E-state index in [2.05, 4.69) is 10.3 Å². The molecular formula is C14H10ClN3O2. The zero-order valence-corrected chi connectivity index (χ0v) is 11.3. The lowest BCUT2D eigenvalue weighted by Crippen LogP contribution is -2.07. The first kappa shape index (κ1) is 13.8. The molecule has 20 heavy (non-hydrogen) atoms. The van der Waals surface area contributed by atoms with Gasteiger partial charge in [0.15, 0.2) is 5.75 Å². The van der Waals surface area contributed by atoms with Crippen molar-refractivity contribution in [3.05, 3.63) is 47.1 Å². The van der Waals surface area contributed by atoms with Gasteiger partial charge in [0.25, 0.3) is 0 Å². The van der Waals surface area contributed by atoms with E-state index in [4.69, 9.17) is 21.6 Å². The number of amides is 1. The van der Waals surface area contributed by atoms with Crippen molar-refractivity contribution in [1.29, 1.82) is 5.26 Å². The molecule has 1 aromatic heterocycles. The Morgan fingerprint density at radius 1 is 1.40 bits per heavy atom. The Morgan fingerprint density at radius 3 is 2.85 bits per heavy atom. The second-order valence-corrected chi connectivity index (χ2v) is 4.25. The van der Waals surface area contributed by atoms with Crippen LogP contribution in [0.4, 0.5) is 5.69 Å². The summed E-state index contributed by atoms with van der Waals surface area (Å²) in [5.74, 6) is 0.293. The summed E-state index contributed by atoms with van der Waals surface area (Å²) in [6.07, 6.45) is 1.43. The molecule has 0 aliphatic rings. The van der Waals surface area contributed by atoms with Crippen molar-refractivity contribution in [2.24, 2.45) is 0 Å². The summed E-state index contributed by atoms with van der Waals surface area (Å²) in [4.78, 5) is 15.1. The van der Waals surface area contributed by atoms with Crippen LogP contribution in [0.25, 0.3) is 0 Å². The highest BCUT2D eigenvalue weighted by Gasteiger charge is 2.12. The monoisotopic (exact) mass is 287 g/mol. The van der Waals surface area contributed by atoms with Crippen LogP contribution < -0.4 is 10.1 Å². The van der Waals surface area contributed by atoms with Crippen LogP contribution in [0.3, 0.4) is 0 Å². The zero-order chi connectivity index (χ0) is 14.5. The quantitative estimate of drug-likeness (QED) is 0.939. The normalized spacial score (nSPS) is 9.65. The molecule has 1 N–H and O–H groups in total. The van der Waals surface area contributed by atoms with Crippen molar-refractivity contribution < 1.29 is 9.53 Å². The highest BCUT2D eigenvalue weighted by atomic mass is 35.5. The summed E-state index contributed by atoms with van der Waals surface area (Å²) in [5.41, 5.74) is 0.772. The third-order valence-electron chi connectivity index (χ3n) is 2.38. The second kappa shape index (κ2) is 6.04. The van der Waals surface area contributed by atoms with Crippen LogP contribution in [0.2, 0.25) is 5.02 Å². The molecule has 2 aromatic rings. The second-order valence-electron chi connectivity index (χ2n) is 3.87. The van der Waals surface area contributed by atoms with E-state index in [1.54, 1.807) is 24.3 Å². The van der Waals surface area contributed by atoms with Gasteiger partial charge in [-0.2, -0.15) is 5.26 Å². The molecule has 0 fully saturated rings. The smallest absolute Gasteiger partial charge is 0.239 e. The van der Waals surface area contributed by atoms with Gasteiger partial charge in [-0.25, -0.2) is 4.98 Å². The minimum atomic E-state index is -0.217. The van der Waals surface area contributed by atoms with E-state index >= 15 is 0 Å². The van der Waals surface area contributed by atoms with Crippen LogP contribution in [0, 0.1) is 11.3 Å². The first-order valence-corrected chi connectivity index (χ1v) is 6.08. The van der Waals surface area contributed by atoms with Crippen molar-refractivity contribution in [2.75, 3.05) is 5.32 Å². The molecule has 0 spiro atoms. The molecule has 100 valence electrons. The number of carbonyl (C=O) groups excluding carboxylic acids is 1. The van der Waals surface area contributed by atoms with Crippen molar-refractivity contribution in [3.63, 3.8) is 0 Å². The first-order chi connectivity index (χ1) is 9.61. The predicted octanol–water partition coefficient (Wildman–Crippen LogP) is 3.36. The maximum Gasteiger partial charge on any atom is 0.239 e. The average Bonchev–Trinajstić information content (AvgIpc) is 2.42. The number of benzene rings is 1. The topological polar surface area (TPSA) is 75.0 Å². The number of nitrogens with one attached hydrogen (secondary N) is 1. The number of hydrogen-bond donors (Lipinski definition) is 1. The van der Waals surface area contributed by atoms with E-state index < -0.39 is 0 Å². The summed E-state index contributed by atoms with van der Waals surface area (Å²) in [5, 5.41) is 11.7. The van der Waals surface area contributed by atoms with Crippen LogP contribution in [0.1, 0.15) is 12.5 Å². The highest BCUT2D eigenvalue weighted by molar-refractivity contribution is 6.33. The third kappa shape index (κ3) is 3.05. The molecular weight excluding hydrogens is 278 g/mol. The fraction of sp³-hybridized carbons (Fsp3) is 0.0714. The molecule has 1 heterocycles. The number of pyridine rings is 1. The molecule has 1 aromatic carbocycles. The number of halogens is 1. The van der Waals surface area contributed by atoms with E-state index in [0.29, 0.717) is 11.4 Å². The van der Waals surface area contributed by atoms with Crippen molar-refractivity contribution in [2.45, 2.75) is 6.92 Å². The number of nitriles is 1. The molecule has 1 amide bonds. The number of aromatic nitrogens is 1. The molecule has 0 bridgehead atoms. The van der Waals surface area contributed by atoms with E-state index in [-0.39, 0.29) is 22.4 Å². The van der Waals surface area contributed by atoms with Gasteiger partial charge in [-0.15, -0.1) is 0 Å². The lowest BCUT2D eigenvalue weighted by molar-refractivity contribution is -0.114. The van der Waals surface area contributed by atoms with Gasteiger partial charge in [0.05, 0.1) is 11.3 Å². The Labute approximate surface area is 120 Å². The molecule has 0 aliphatic heterocycles. The highest BCUT2D eigenvalue weighted by Crippen LogP contribution is 2.33. The Hall–Kier alpha value is -2.58. The Balaban J connectivity index is 2.36. The van der Waals surface area contributed by atoms with Crippen LogP contribution in [-0.2, 0) is 4.79 Å². The molecule has 5 nitrogen and oxygen atoms in total. The Morgan fingerprint density at radius 2 is 2.15 bits per heavy atom. The largest absolute Gasteiger partial charge is 0.435 e. The van der Waals surface area contributed by atoms with Gasteiger partial charge in [-0.3, -0.25) is 4.79 Å². The van der Waals surface area contributed by atoms with Gasteiger partial charge in [0.2, 0.25) is 11.8 Å². The summed E-state index contributed by atoms with van der Waals surface area (Å²) < 4.78 is 5.57. The lowest BCUT2D eigenvalue weighted by atomic mass is 10.3. The molecule has 0 saturated carbocycles. The van der Waals surface area contributed by atoms with E-state index in [1.807, 2.05) is 6.07 Å². The minimum absolute atomic E-state index is 0.114. The fourth-order valence-corrected chi connectivity index (χ4v) is 1.73. The van der Waals surface area contributed by atoms with Gasteiger partial charge in [0, 0.05) is 13.1 Å². The zero-order valence-electron chi connectivity index (χ0n) is 10.6. The lowest BCUT2D eigenvalue weighted by Gasteiger charge is -2.11. The van der Waals surface area contributed by atoms with Gasteiger partial charge in [-0.05, 0) is 18.2 Å². The SMILES string of the molecule is CC(=O)Nc1ccccc1Oc1nccc(C#N)c1Cl. The Kier molecular flexibility index (Phi) is 4.18. The van der Waals surface area contributed by atoms with E-state index in [1.165, 1.54) is 19.2 Å². The molecule has 0 saturated heterocycles. The first-order valence-electron chi connectivity index (χ1n) is 5.71. The Bertz CT molecular complexity index is 695. The van der Waals surface area contributed by atoms with Gasteiger partial charge in [0.1, 0.15) is 11.1 Å². The summed E-state index contributed by atoms with van der Waals surface area (Å²) in [6, 6.07) is 10.3. The molecule has 0 atom stereocenters. The van der Waals surface area contributed by atoms with Crippen LogP contribution in [0.5, 0.6) is 11.6 Å².